The van der Waals surface area contributed by atoms with Gasteiger partial charge in [0.1, 0.15) is 5.82 Å². The maximum absolute atomic E-state index is 12.0. The molecule has 8 nitrogen and oxygen atoms in total. The van der Waals surface area contributed by atoms with Gasteiger partial charge in [-0.15, -0.1) is 0 Å². The highest BCUT2D eigenvalue weighted by Crippen LogP contribution is 2.19. The molecular formula is C15H18N4O4. The van der Waals surface area contributed by atoms with Crippen molar-refractivity contribution in [2.24, 2.45) is 0 Å². The number of ether oxygens (including phenoxy) is 2. The summed E-state index contributed by atoms with van der Waals surface area (Å²) in [5.41, 5.74) is 0.529. The smallest absolute Gasteiger partial charge is 0.351 e. The van der Waals surface area contributed by atoms with Crippen LogP contribution >= 0.6 is 0 Å². The Balaban J connectivity index is 1.58. The minimum atomic E-state index is -0.695. The molecule has 0 amide bonds. The molecule has 23 heavy (non-hydrogen) atoms. The van der Waals surface area contributed by atoms with Crippen LogP contribution in [0, 0.1) is 0 Å². The van der Waals surface area contributed by atoms with E-state index in [0.29, 0.717) is 12.5 Å². The molecule has 1 saturated heterocycles. The van der Waals surface area contributed by atoms with Crippen LogP contribution in [0.3, 0.4) is 0 Å². The first kappa shape index (κ1) is 15.5. The molecule has 0 radical (unpaired) electrons. The molecule has 1 fully saturated rings. The van der Waals surface area contributed by atoms with Gasteiger partial charge in [0.05, 0.1) is 19.9 Å². The fourth-order valence-electron chi connectivity index (χ4n) is 2.21. The van der Waals surface area contributed by atoms with E-state index in [1.54, 1.807) is 12.3 Å². The highest BCUT2D eigenvalue weighted by atomic mass is 16.7. The summed E-state index contributed by atoms with van der Waals surface area (Å²) in [5, 5.41) is 15.2. The number of rotatable bonds is 6. The molecule has 0 saturated carbocycles. The zero-order valence-electron chi connectivity index (χ0n) is 12.4. The second-order valence-electron chi connectivity index (χ2n) is 4.94. The van der Waals surface area contributed by atoms with Gasteiger partial charge in [0.2, 0.25) is 0 Å². The first-order valence-corrected chi connectivity index (χ1v) is 7.26. The predicted molar refractivity (Wildman–Crippen MR) is 84.0 cm³/mol. The summed E-state index contributed by atoms with van der Waals surface area (Å²) in [6.07, 6.45) is 0.331. The molecule has 2 atom stereocenters. The van der Waals surface area contributed by atoms with E-state index in [1.807, 2.05) is 30.3 Å². The van der Waals surface area contributed by atoms with Crippen LogP contribution in [-0.2, 0) is 9.47 Å². The van der Waals surface area contributed by atoms with Crippen LogP contribution in [0.4, 0.5) is 11.5 Å². The van der Waals surface area contributed by atoms with Gasteiger partial charge in [-0.1, -0.05) is 18.2 Å². The minimum Gasteiger partial charge on any atom is -0.391 e. The van der Waals surface area contributed by atoms with Gasteiger partial charge < -0.3 is 25.2 Å². The Hall–Kier alpha value is -2.42. The summed E-state index contributed by atoms with van der Waals surface area (Å²) in [4.78, 5) is 16.0. The van der Waals surface area contributed by atoms with Crippen molar-refractivity contribution in [1.82, 2.24) is 9.55 Å². The lowest BCUT2D eigenvalue weighted by molar-refractivity contribution is -0.0992. The Morgan fingerprint density at radius 3 is 2.78 bits per heavy atom. The number of benzene rings is 1. The van der Waals surface area contributed by atoms with Crippen LogP contribution in [0.1, 0.15) is 6.23 Å². The van der Waals surface area contributed by atoms with Crippen molar-refractivity contribution < 1.29 is 14.6 Å². The van der Waals surface area contributed by atoms with Crippen LogP contribution < -0.4 is 16.3 Å². The zero-order valence-corrected chi connectivity index (χ0v) is 12.4. The number of hydrogen-bond acceptors (Lipinski definition) is 7. The Bertz CT molecular complexity index is 691. The molecule has 3 rings (SSSR count). The van der Waals surface area contributed by atoms with Crippen molar-refractivity contribution >= 4 is 11.5 Å². The van der Waals surface area contributed by atoms with Crippen molar-refractivity contribution in [2.75, 3.05) is 30.5 Å². The van der Waals surface area contributed by atoms with Gasteiger partial charge in [-0.25, -0.2) is 4.79 Å². The molecule has 0 spiro atoms. The topological polar surface area (TPSA) is 97.6 Å². The van der Waals surface area contributed by atoms with E-state index in [9.17, 15) is 4.79 Å². The van der Waals surface area contributed by atoms with Gasteiger partial charge in [-0.05, 0) is 18.2 Å². The van der Waals surface area contributed by atoms with Gasteiger partial charge in [0.25, 0.3) is 0 Å². The van der Waals surface area contributed by atoms with Crippen molar-refractivity contribution in [3.63, 3.8) is 0 Å². The van der Waals surface area contributed by atoms with Crippen LogP contribution in [0.2, 0.25) is 0 Å². The summed E-state index contributed by atoms with van der Waals surface area (Å²) >= 11 is 0. The molecule has 1 aliphatic heterocycles. The molecule has 0 aliphatic carbocycles. The molecule has 0 unspecified atom stereocenters. The Labute approximate surface area is 132 Å². The van der Waals surface area contributed by atoms with Crippen molar-refractivity contribution in [3.8, 4) is 0 Å². The lowest BCUT2D eigenvalue weighted by atomic mass is 10.3. The largest absolute Gasteiger partial charge is 0.391 e. The van der Waals surface area contributed by atoms with Gasteiger partial charge in [-0.2, -0.15) is 4.98 Å². The molecule has 2 aromatic rings. The first-order valence-electron chi connectivity index (χ1n) is 7.26. The van der Waals surface area contributed by atoms with Crippen LogP contribution in [0.5, 0.6) is 0 Å². The summed E-state index contributed by atoms with van der Waals surface area (Å²) in [7, 11) is 0. The molecular weight excluding hydrogens is 300 g/mol. The average Bonchev–Trinajstić information content (AvgIpc) is 3.05. The second-order valence-corrected chi connectivity index (χ2v) is 4.94. The zero-order chi connectivity index (χ0) is 16.1. The lowest BCUT2D eigenvalue weighted by Crippen LogP contribution is -2.29. The Morgan fingerprint density at radius 2 is 2.09 bits per heavy atom. The van der Waals surface area contributed by atoms with Gasteiger partial charge in [-0.3, -0.25) is 4.57 Å². The highest BCUT2D eigenvalue weighted by molar-refractivity contribution is 5.44. The van der Waals surface area contributed by atoms with E-state index in [1.165, 1.54) is 4.57 Å². The first-order chi connectivity index (χ1) is 11.3. The summed E-state index contributed by atoms with van der Waals surface area (Å²) in [5.74, 6) is 0.465. The number of para-hydroxylation sites is 1. The predicted octanol–water partition coefficient (Wildman–Crippen LogP) is 0.589. The third kappa shape index (κ3) is 3.86. The normalized spacial score (nSPS) is 20.4. The number of nitrogens with zero attached hydrogens (tertiary/aromatic N) is 2. The second kappa shape index (κ2) is 7.23. The number of hydrogen-bond donors (Lipinski definition) is 3. The van der Waals surface area contributed by atoms with Crippen LogP contribution in [0.25, 0.3) is 0 Å². The molecule has 1 aliphatic rings. The van der Waals surface area contributed by atoms with E-state index in [-0.39, 0.29) is 13.2 Å². The van der Waals surface area contributed by atoms with E-state index >= 15 is 0 Å². The molecule has 3 N–H and O–H groups in total. The quantitative estimate of drug-likeness (QED) is 0.671. The van der Waals surface area contributed by atoms with Gasteiger partial charge >= 0.3 is 5.69 Å². The third-order valence-corrected chi connectivity index (χ3v) is 3.36. The Kier molecular flexibility index (Phi) is 4.86. The fraction of sp³-hybridized carbons (Fsp3) is 0.333. The number of aromatic nitrogens is 2. The molecule has 1 aromatic heterocycles. The van der Waals surface area contributed by atoms with Gasteiger partial charge in [0, 0.05) is 11.9 Å². The van der Waals surface area contributed by atoms with E-state index < -0.39 is 18.2 Å². The third-order valence-electron chi connectivity index (χ3n) is 3.36. The number of anilines is 2. The minimum absolute atomic E-state index is 0.204. The molecule has 0 bridgehead atoms. The van der Waals surface area contributed by atoms with Crippen LogP contribution in [-0.4, -0.2) is 40.8 Å². The van der Waals surface area contributed by atoms with Crippen molar-refractivity contribution in [3.05, 3.63) is 53.1 Å². The van der Waals surface area contributed by atoms with Gasteiger partial charge in [0.15, 0.2) is 12.5 Å². The molecule has 1 aromatic carbocycles. The SMILES string of the molecule is O=c1nc(NCNc2ccccc2)ccn1[C@@H]1CO[C@H](CO)O1. The average molecular weight is 318 g/mol. The Morgan fingerprint density at radius 1 is 1.26 bits per heavy atom. The summed E-state index contributed by atoms with van der Waals surface area (Å²) in [6, 6.07) is 11.4. The summed E-state index contributed by atoms with van der Waals surface area (Å²) in [6.45, 7) is 0.398. The highest BCUT2D eigenvalue weighted by Gasteiger charge is 2.27. The maximum Gasteiger partial charge on any atom is 0.351 e. The number of aliphatic hydroxyl groups excluding tert-OH is 1. The molecule has 2 heterocycles. The number of aliphatic hydroxyl groups is 1. The number of nitrogens with one attached hydrogen (secondary N) is 2. The fourth-order valence-corrected chi connectivity index (χ4v) is 2.21. The van der Waals surface area contributed by atoms with Crippen LogP contribution in [0.15, 0.2) is 47.4 Å². The summed E-state index contributed by atoms with van der Waals surface area (Å²) < 4.78 is 11.9. The maximum atomic E-state index is 12.0. The monoisotopic (exact) mass is 318 g/mol. The lowest BCUT2D eigenvalue weighted by Gasteiger charge is -2.13. The van der Waals surface area contributed by atoms with E-state index in [4.69, 9.17) is 14.6 Å². The van der Waals surface area contributed by atoms with Crippen molar-refractivity contribution in [1.29, 1.82) is 0 Å². The molecule has 122 valence electrons. The van der Waals surface area contributed by atoms with E-state index in [2.05, 4.69) is 15.6 Å². The molecule has 8 heteroatoms. The van der Waals surface area contributed by atoms with Crippen molar-refractivity contribution in [2.45, 2.75) is 12.5 Å². The standard InChI is InChI=1S/C15H18N4O4/c20-8-14-22-9-13(23-14)19-7-6-12(18-15(19)21)17-10-16-11-4-2-1-3-5-11/h1-7,13-14,16,20H,8-10H2,(H,17,18,21)/t13-,14-/m0/s1. The van der Waals surface area contributed by atoms with E-state index in [0.717, 1.165) is 5.69 Å².